The van der Waals surface area contributed by atoms with Crippen LogP contribution in [0.3, 0.4) is 0 Å². The van der Waals surface area contributed by atoms with E-state index in [1.807, 2.05) is 6.92 Å². The molecule has 0 saturated heterocycles. The molecule has 1 rings (SSSR count). The minimum absolute atomic E-state index is 0.444. The highest BCUT2D eigenvalue weighted by Gasteiger charge is 2.08. The first-order valence-corrected chi connectivity index (χ1v) is 6.88. The summed E-state index contributed by atoms with van der Waals surface area (Å²) in [5.41, 5.74) is 2.39. The predicted molar refractivity (Wildman–Crippen MR) is 78.4 cm³/mol. The molecule has 2 nitrogen and oxygen atoms in total. The zero-order valence-electron chi connectivity index (χ0n) is 11.8. The van der Waals surface area contributed by atoms with E-state index in [-0.39, 0.29) is 0 Å². The molecule has 0 saturated carbocycles. The van der Waals surface area contributed by atoms with Crippen LogP contribution in [-0.2, 0) is 4.74 Å². The highest BCUT2D eigenvalue weighted by Crippen LogP contribution is 2.20. The van der Waals surface area contributed by atoms with Gasteiger partial charge in [-0.25, -0.2) is 0 Å². The van der Waals surface area contributed by atoms with E-state index in [4.69, 9.17) is 4.74 Å². The van der Waals surface area contributed by atoms with Crippen LogP contribution in [0.2, 0.25) is 0 Å². The summed E-state index contributed by atoms with van der Waals surface area (Å²) >= 11 is 0. The van der Waals surface area contributed by atoms with E-state index in [0.29, 0.717) is 12.6 Å². The van der Waals surface area contributed by atoms with Gasteiger partial charge in [-0.3, -0.25) is 0 Å². The second-order valence-electron chi connectivity index (χ2n) is 4.39. The van der Waals surface area contributed by atoms with Gasteiger partial charge in [0, 0.05) is 11.6 Å². The Bertz CT molecular complexity index is 356. The van der Waals surface area contributed by atoms with Gasteiger partial charge in [-0.05, 0) is 31.9 Å². The minimum Gasteiger partial charge on any atom is -0.494 e. The Balaban J connectivity index is 2.71. The Morgan fingerprint density at radius 2 is 1.89 bits per heavy atom. The molecule has 1 aromatic rings. The number of nitrogens with one attached hydrogen (secondary N) is 1. The van der Waals surface area contributed by atoms with Crippen molar-refractivity contribution >= 4 is 5.76 Å². The first kappa shape index (κ1) is 14.8. The largest absolute Gasteiger partial charge is 0.494 e. The van der Waals surface area contributed by atoms with Gasteiger partial charge in [0.2, 0.25) is 0 Å². The van der Waals surface area contributed by atoms with Gasteiger partial charge in [0.15, 0.2) is 0 Å². The van der Waals surface area contributed by atoms with Crippen LogP contribution >= 0.6 is 0 Å². The lowest BCUT2D eigenvalue weighted by Gasteiger charge is -2.17. The molecule has 0 aliphatic heterocycles. The van der Waals surface area contributed by atoms with Crippen LogP contribution in [-0.4, -0.2) is 13.2 Å². The molecule has 18 heavy (non-hydrogen) atoms. The fourth-order valence-corrected chi connectivity index (χ4v) is 1.98. The lowest BCUT2D eigenvalue weighted by Crippen LogP contribution is -2.21. The SMILES string of the molecule is C=C(OCC)c1ccc(C(CC)NCCC)cc1. The fourth-order valence-electron chi connectivity index (χ4n) is 1.98. The predicted octanol–water partition coefficient (Wildman–Crippen LogP) is 4.14. The Kier molecular flexibility index (Phi) is 6.51. The summed E-state index contributed by atoms with van der Waals surface area (Å²) in [5.74, 6) is 0.749. The summed E-state index contributed by atoms with van der Waals surface area (Å²) in [6, 6.07) is 8.94. The Morgan fingerprint density at radius 3 is 2.39 bits per heavy atom. The van der Waals surface area contributed by atoms with Gasteiger partial charge in [0.25, 0.3) is 0 Å². The second kappa shape index (κ2) is 7.93. The van der Waals surface area contributed by atoms with E-state index < -0.39 is 0 Å². The number of hydrogen-bond donors (Lipinski definition) is 1. The third-order valence-electron chi connectivity index (χ3n) is 3.00. The molecule has 1 unspecified atom stereocenters. The van der Waals surface area contributed by atoms with E-state index in [0.717, 1.165) is 30.7 Å². The number of hydrogen-bond acceptors (Lipinski definition) is 2. The van der Waals surface area contributed by atoms with E-state index in [9.17, 15) is 0 Å². The molecule has 1 aromatic carbocycles. The van der Waals surface area contributed by atoms with Crippen molar-refractivity contribution in [1.82, 2.24) is 5.32 Å². The number of rotatable bonds is 8. The van der Waals surface area contributed by atoms with Crippen molar-refractivity contribution < 1.29 is 4.74 Å². The lowest BCUT2D eigenvalue weighted by molar-refractivity contribution is 0.299. The quantitative estimate of drug-likeness (QED) is 0.697. The van der Waals surface area contributed by atoms with E-state index >= 15 is 0 Å². The molecule has 0 fully saturated rings. The Hall–Kier alpha value is -1.28. The van der Waals surface area contributed by atoms with Crippen LogP contribution in [0.4, 0.5) is 0 Å². The summed E-state index contributed by atoms with van der Waals surface area (Å²) in [5, 5.41) is 3.56. The number of benzene rings is 1. The summed E-state index contributed by atoms with van der Waals surface area (Å²) < 4.78 is 5.41. The van der Waals surface area contributed by atoms with Gasteiger partial charge in [-0.15, -0.1) is 0 Å². The van der Waals surface area contributed by atoms with Crippen LogP contribution < -0.4 is 5.32 Å². The average molecular weight is 247 g/mol. The van der Waals surface area contributed by atoms with Gasteiger partial charge in [-0.1, -0.05) is 44.7 Å². The van der Waals surface area contributed by atoms with E-state index in [1.165, 1.54) is 5.56 Å². The molecular weight excluding hydrogens is 222 g/mol. The molecule has 0 aromatic heterocycles. The minimum atomic E-state index is 0.444. The zero-order valence-corrected chi connectivity index (χ0v) is 11.8. The van der Waals surface area contributed by atoms with Gasteiger partial charge < -0.3 is 10.1 Å². The highest BCUT2D eigenvalue weighted by molar-refractivity contribution is 5.57. The van der Waals surface area contributed by atoms with Crippen molar-refractivity contribution in [1.29, 1.82) is 0 Å². The molecule has 0 radical (unpaired) electrons. The van der Waals surface area contributed by atoms with E-state index in [2.05, 4.69) is 50.0 Å². The molecule has 0 heterocycles. The molecule has 2 heteroatoms. The molecule has 100 valence electrons. The zero-order chi connectivity index (χ0) is 13.4. The lowest BCUT2D eigenvalue weighted by atomic mass is 10.0. The molecular formula is C16H25NO. The van der Waals surface area contributed by atoms with Crippen molar-refractivity contribution in [2.24, 2.45) is 0 Å². The Labute approximate surface area is 111 Å². The normalized spacial score (nSPS) is 12.2. The maximum absolute atomic E-state index is 5.41. The van der Waals surface area contributed by atoms with Gasteiger partial charge >= 0.3 is 0 Å². The third-order valence-corrected chi connectivity index (χ3v) is 3.00. The molecule has 0 aliphatic rings. The standard InChI is InChI=1S/C16H25NO/c1-5-12-17-16(6-2)15-10-8-14(9-11-15)13(4)18-7-3/h8-11,16-17H,4-7,12H2,1-3H3. The molecule has 0 aliphatic carbocycles. The average Bonchev–Trinajstić information content (AvgIpc) is 2.40. The monoisotopic (exact) mass is 247 g/mol. The van der Waals surface area contributed by atoms with Crippen LogP contribution in [0.5, 0.6) is 0 Å². The fraction of sp³-hybridized carbons (Fsp3) is 0.500. The first-order chi connectivity index (χ1) is 8.72. The van der Waals surface area contributed by atoms with Crippen molar-refractivity contribution in [3.63, 3.8) is 0 Å². The molecule has 0 spiro atoms. The highest BCUT2D eigenvalue weighted by atomic mass is 16.5. The van der Waals surface area contributed by atoms with Crippen molar-refractivity contribution in [2.75, 3.05) is 13.2 Å². The summed E-state index contributed by atoms with van der Waals surface area (Å²) in [7, 11) is 0. The summed E-state index contributed by atoms with van der Waals surface area (Å²) in [4.78, 5) is 0. The van der Waals surface area contributed by atoms with Crippen LogP contribution in [0, 0.1) is 0 Å². The molecule has 1 atom stereocenters. The van der Waals surface area contributed by atoms with Crippen LogP contribution in [0.25, 0.3) is 5.76 Å². The van der Waals surface area contributed by atoms with E-state index in [1.54, 1.807) is 0 Å². The molecule has 1 N–H and O–H groups in total. The number of ether oxygens (including phenoxy) is 1. The second-order valence-corrected chi connectivity index (χ2v) is 4.39. The van der Waals surface area contributed by atoms with Gasteiger partial charge in [-0.2, -0.15) is 0 Å². The molecule has 0 bridgehead atoms. The molecule has 0 amide bonds. The van der Waals surface area contributed by atoms with Crippen molar-refractivity contribution in [2.45, 2.75) is 39.7 Å². The topological polar surface area (TPSA) is 21.3 Å². The smallest absolute Gasteiger partial charge is 0.119 e. The van der Waals surface area contributed by atoms with Crippen LogP contribution in [0.1, 0.15) is 50.8 Å². The first-order valence-electron chi connectivity index (χ1n) is 6.88. The van der Waals surface area contributed by atoms with Crippen molar-refractivity contribution in [3.05, 3.63) is 42.0 Å². The maximum atomic E-state index is 5.41. The van der Waals surface area contributed by atoms with Crippen LogP contribution in [0.15, 0.2) is 30.8 Å². The third kappa shape index (κ3) is 4.19. The summed E-state index contributed by atoms with van der Waals surface area (Å²) in [6.07, 6.45) is 2.27. The van der Waals surface area contributed by atoms with Crippen molar-refractivity contribution in [3.8, 4) is 0 Å². The van der Waals surface area contributed by atoms with Gasteiger partial charge in [0.1, 0.15) is 5.76 Å². The Morgan fingerprint density at radius 1 is 1.22 bits per heavy atom. The maximum Gasteiger partial charge on any atom is 0.119 e. The summed E-state index contributed by atoms with van der Waals surface area (Å²) in [6.45, 7) is 12.0. The van der Waals surface area contributed by atoms with Gasteiger partial charge in [0.05, 0.1) is 6.61 Å².